The Morgan fingerprint density at radius 1 is 1.28 bits per heavy atom. The lowest BCUT2D eigenvalue weighted by molar-refractivity contribution is 0.390. The normalized spacial score (nSPS) is 11.5. The fourth-order valence-corrected chi connectivity index (χ4v) is 2.89. The number of halogens is 1. The maximum absolute atomic E-state index is 12.1. The summed E-state index contributed by atoms with van der Waals surface area (Å²) in [6, 6.07) is 0. The highest BCUT2D eigenvalue weighted by Gasteiger charge is 2.24. The second kappa shape index (κ2) is 4.65. The van der Waals surface area contributed by atoms with Crippen LogP contribution >= 0.6 is 15.9 Å². The van der Waals surface area contributed by atoms with E-state index in [9.17, 15) is 8.42 Å². The van der Waals surface area contributed by atoms with Gasteiger partial charge in [0.2, 0.25) is 5.95 Å². The fraction of sp³-hybridized carbons (Fsp3) is 0.222. The molecule has 1 N–H and O–H groups in total. The Balaban J connectivity index is 2.36. The van der Waals surface area contributed by atoms with Crippen molar-refractivity contribution in [3.8, 4) is 0 Å². The highest BCUT2D eigenvalue weighted by molar-refractivity contribution is 9.10. The van der Waals surface area contributed by atoms with E-state index in [2.05, 4.69) is 35.8 Å². The summed E-state index contributed by atoms with van der Waals surface area (Å²) in [6.07, 6.45) is 2.89. The van der Waals surface area contributed by atoms with Crippen molar-refractivity contribution in [3.05, 3.63) is 28.3 Å². The summed E-state index contributed by atoms with van der Waals surface area (Å²) in [5.41, 5.74) is 0.289. The highest BCUT2D eigenvalue weighted by atomic mass is 79.9. The zero-order valence-electron chi connectivity index (χ0n) is 9.51. The molecule has 0 bridgehead atoms. The molecule has 2 rings (SSSR count). The molecule has 0 aromatic carbocycles. The average molecular weight is 333 g/mol. The molecule has 0 aliphatic rings. The molecule has 0 unspecified atom stereocenters. The first-order chi connectivity index (χ1) is 8.40. The quantitative estimate of drug-likeness (QED) is 0.917. The second-order valence-corrected chi connectivity index (χ2v) is 6.02. The number of aryl methyl sites for hydroxylation is 2. The molecule has 2 heterocycles. The average Bonchev–Trinajstić information content (AvgIpc) is 2.62. The van der Waals surface area contributed by atoms with Crippen LogP contribution in [0, 0.1) is 13.8 Å². The maximum Gasteiger partial charge on any atom is 0.269 e. The predicted octanol–water partition coefficient (Wildman–Crippen LogP) is 1.64. The van der Waals surface area contributed by atoms with Gasteiger partial charge in [0.15, 0.2) is 10.7 Å². The Morgan fingerprint density at radius 2 is 1.89 bits per heavy atom. The van der Waals surface area contributed by atoms with Crippen molar-refractivity contribution in [3.63, 3.8) is 0 Å². The molecule has 0 saturated heterocycles. The van der Waals surface area contributed by atoms with Crippen LogP contribution in [0.2, 0.25) is 0 Å². The van der Waals surface area contributed by atoms with E-state index in [1.54, 1.807) is 6.92 Å². The summed E-state index contributed by atoms with van der Waals surface area (Å²) in [5, 5.41) is 3.60. The molecule has 2 aromatic heterocycles. The zero-order chi connectivity index (χ0) is 13.3. The number of anilines is 1. The third kappa shape index (κ3) is 2.51. The Labute approximate surface area is 112 Å². The van der Waals surface area contributed by atoms with Crippen molar-refractivity contribution >= 4 is 31.9 Å². The molecule has 0 radical (unpaired) electrons. The topological polar surface area (TPSA) is 98.0 Å². The van der Waals surface area contributed by atoms with Crippen molar-refractivity contribution in [2.24, 2.45) is 0 Å². The van der Waals surface area contributed by atoms with Gasteiger partial charge in [-0.3, -0.25) is 0 Å². The van der Waals surface area contributed by atoms with Crippen LogP contribution in [0.25, 0.3) is 0 Å². The zero-order valence-corrected chi connectivity index (χ0v) is 11.9. The lowest BCUT2D eigenvalue weighted by Crippen LogP contribution is -2.16. The summed E-state index contributed by atoms with van der Waals surface area (Å²) in [6.45, 7) is 3.07. The van der Waals surface area contributed by atoms with Crippen LogP contribution in [0.5, 0.6) is 0 Å². The minimum absolute atomic E-state index is 0.00835. The molecule has 0 spiro atoms. The van der Waals surface area contributed by atoms with E-state index >= 15 is 0 Å². The number of nitrogens with zero attached hydrogens (tertiary/aromatic N) is 3. The monoisotopic (exact) mass is 332 g/mol. The summed E-state index contributed by atoms with van der Waals surface area (Å²) in [4.78, 5) is 7.68. The number of aromatic nitrogens is 3. The van der Waals surface area contributed by atoms with Crippen molar-refractivity contribution in [2.75, 3.05) is 4.72 Å². The largest absolute Gasteiger partial charge is 0.360 e. The van der Waals surface area contributed by atoms with Gasteiger partial charge in [0.05, 0.1) is 4.47 Å². The van der Waals surface area contributed by atoms with Gasteiger partial charge in [-0.25, -0.2) is 23.1 Å². The molecule has 2 aromatic rings. The first kappa shape index (κ1) is 13.0. The van der Waals surface area contributed by atoms with Gasteiger partial charge in [-0.15, -0.1) is 0 Å². The van der Waals surface area contributed by atoms with E-state index < -0.39 is 10.0 Å². The number of hydrogen-bond acceptors (Lipinski definition) is 6. The number of nitrogens with one attached hydrogen (secondary N) is 1. The number of hydrogen-bond donors (Lipinski definition) is 1. The van der Waals surface area contributed by atoms with E-state index in [0.29, 0.717) is 4.47 Å². The fourth-order valence-electron chi connectivity index (χ4n) is 1.39. The van der Waals surface area contributed by atoms with Crippen LogP contribution in [0.3, 0.4) is 0 Å². The van der Waals surface area contributed by atoms with Gasteiger partial charge in [0.25, 0.3) is 10.0 Å². The minimum atomic E-state index is -3.79. The predicted molar refractivity (Wildman–Crippen MR) is 66.5 cm³/mol. The lowest BCUT2D eigenvalue weighted by Gasteiger charge is -2.05. The first-order valence-electron chi connectivity index (χ1n) is 4.83. The SMILES string of the molecule is Cc1noc(C)c1S(=O)(=O)Nc1ncc(Br)cn1. The van der Waals surface area contributed by atoms with Gasteiger partial charge in [0, 0.05) is 12.4 Å². The smallest absolute Gasteiger partial charge is 0.269 e. The molecule has 0 aliphatic heterocycles. The van der Waals surface area contributed by atoms with Crippen LogP contribution in [-0.2, 0) is 10.0 Å². The van der Waals surface area contributed by atoms with Gasteiger partial charge in [-0.2, -0.15) is 0 Å². The van der Waals surface area contributed by atoms with Crippen molar-refractivity contribution < 1.29 is 12.9 Å². The Kier molecular flexibility index (Phi) is 3.35. The molecule has 7 nitrogen and oxygen atoms in total. The van der Waals surface area contributed by atoms with Gasteiger partial charge in [-0.05, 0) is 29.8 Å². The van der Waals surface area contributed by atoms with Gasteiger partial charge < -0.3 is 4.52 Å². The van der Waals surface area contributed by atoms with Crippen molar-refractivity contribution in [1.29, 1.82) is 0 Å². The number of rotatable bonds is 3. The van der Waals surface area contributed by atoms with Crippen LogP contribution in [0.4, 0.5) is 5.95 Å². The van der Waals surface area contributed by atoms with E-state index in [0.717, 1.165) is 0 Å². The van der Waals surface area contributed by atoms with E-state index in [-0.39, 0.29) is 22.3 Å². The molecule has 9 heteroatoms. The van der Waals surface area contributed by atoms with Crippen LogP contribution in [0.15, 0.2) is 26.3 Å². The Hall–Kier alpha value is -1.48. The van der Waals surface area contributed by atoms with Gasteiger partial charge in [0.1, 0.15) is 5.69 Å². The molecular formula is C9H9BrN4O3S. The molecule has 0 amide bonds. The molecule has 18 heavy (non-hydrogen) atoms. The summed E-state index contributed by atoms with van der Waals surface area (Å²) in [7, 11) is -3.79. The first-order valence-corrected chi connectivity index (χ1v) is 7.11. The summed E-state index contributed by atoms with van der Waals surface area (Å²) in [5.74, 6) is 0.204. The maximum atomic E-state index is 12.1. The standard InChI is InChI=1S/C9H9BrN4O3S/c1-5-8(6(2)17-13-5)18(15,16)14-9-11-3-7(10)4-12-9/h3-4H,1-2H3,(H,11,12,14). The summed E-state index contributed by atoms with van der Waals surface area (Å²) >= 11 is 3.16. The molecule has 96 valence electrons. The molecule has 0 saturated carbocycles. The highest BCUT2D eigenvalue weighted by Crippen LogP contribution is 2.21. The third-order valence-corrected chi connectivity index (χ3v) is 4.06. The van der Waals surface area contributed by atoms with Crippen molar-refractivity contribution in [1.82, 2.24) is 15.1 Å². The van der Waals surface area contributed by atoms with Crippen LogP contribution < -0.4 is 4.72 Å². The van der Waals surface area contributed by atoms with Gasteiger partial charge in [-0.1, -0.05) is 5.16 Å². The molecule has 0 atom stereocenters. The minimum Gasteiger partial charge on any atom is -0.360 e. The van der Waals surface area contributed by atoms with Crippen molar-refractivity contribution in [2.45, 2.75) is 18.7 Å². The molecule has 0 aliphatic carbocycles. The third-order valence-electron chi connectivity index (χ3n) is 2.08. The Morgan fingerprint density at radius 3 is 2.39 bits per heavy atom. The van der Waals surface area contributed by atoms with Gasteiger partial charge >= 0.3 is 0 Å². The lowest BCUT2D eigenvalue weighted by atomic mass is 10.4. The van der Waals surface area contributed by atoms with E-state index in [1.807, 2.05) is 0 Å². The Bertz CT molecular complexity index is 646. The molecular weight excluding hydrogens is 324 g/mol. The van der Waals surface area contributed by atoms with E-state index in [1.165, 1.54) is 19.3 Å². The number of sulfonamides is 1. The second-order valence-electron chi connectivity index (χ2n) is 3.48. The van der Waals surface area contributed by atoms with E-state index in [4.69, 9.17) is 4.52 Å². The van der Waals surface area contributed by atoms with Crippen LogP contribution in [0.1, 0.15) is 11.5 Å². The summed E-state index contributed by atoms with van der Waals surface area (Å²) < 4.78 is 31.9. The van der Waals surface area contributed by atoms with Crippen LogP contribution in [-0.4, -0.2) is 23.5 Å². The molecule has 0 fully saturated rings.